The van der Waals surface area contributed by atoms with Crippen LogP contribution in [0.4, 0.5) is 23.1 Å². The van der Waals surface area contributed by atoms with Gasteiger partial charge in [-0.05, 0) is 113 Å². The number of fused-ring (bicyclic) bond motifs is 2. The van der Waals surface area contributed by atoms with Crippen molar-refractivity contribution in [3.05, 3.63) is 64.8 Å². The van der Waals surface area contributed by atoms with Gasteiger partial charge < -0.3 is 35.4 Å². The predicted octanol–water partition coefficient (Wildman–Crippen LogP) is 5.74. The Morgan fingerprint density at radius 1 is 0.952 bits per heavy atom. The van der Waals surface area contributed by atoms with Crippen LogP contribution in [0.2, 0.25) is 0 Å². The van der Waals surface area contributed by atoms with Crippen molar-refractivity contribution in [2.24, 2.45) is 0 Å². The van der Waals surface area contributed by atoms with Crippen molar-refractivity contribution in [2.75, 3.05) is 35.8 Å². The lowest BCUT2D eigenvalue weighted by Gasteiger charge is -2.43. The molecule has 332 valence electrons. The van der Waals surface area contributed by atoms with E-state index in [2.05, 4.69) is 43.0 Å². The third-order valence-corrected chi connectivity index (χ3v) is 13.4. The quantitative estimate of drug-likeness (QED) is 0.0884. The second-order valence-electron chi connectivity index (χ2n) is 17.5. The van der Waals surface area contributed by atoms with Crippen molar-refractivity contribution in [3.8, 4) is 17.6 Å². The van der Waals surface area contributed by atoms with Crippen molar-refractivity contribution in [2.45, 2.75) is 140 Å². The Hall–Kier alpha value is -6.01. The summed E-state index contributed by atoms with van der Waals surface area (Å²) in [6.07, 6.45) is 15.1. The van der Waals surface area contributed by atoms with Crippen LogP contribution in [-0.4, -0.2) is 95.3 Å². The molecule has 5 amide bonds. The van der Waals surface area contributed by atoms with E-state index in [9.17, 15) is 24.0 Å². The molecule has 4 N–H and O–H groups in total. The lowest BCUT2D eigenvalue weighted by atomic mass is 9.91. The number of amides is 5. The van der Waals surface area contributed by atoms with Crippen molar-refractivity contribution < 1.29 is 28.7 Å². The Labute approximate surface area is 369 Å². The van der Waals surface area contributed by atoms with E-state index in [1.54, 1.807) is 48.4 Å². The van der Waals surface area contributed by atoms with Crippen LogP contribution in [0.3, 0.4) is 0 Å². The topological polar surface area (TPSA) is 178 Å². The molecular weight excluding hydrogens is 799 g/mol. The molecule has 1 saturated heterocycles. The fourth-order valence-electron chi connectivity index (χ4n) is 9.85. The number of nitrogens with zero attached hydrogens (tertiary/aromatic N) is 5. The summed E-state index contributed by atoms with van der Waals surface area (Å²) in [6, 6.07) is 10.9. The van der Waals surface area contributed by atoms with Gasteiger partial charge in [0.05, 0.1) is 19.0 Å². The Balaban J connectivity index is 0.747. The lowest BCUT2D eigenvalue weighted by molar-refractivity contribution is -0.137. The Kier molecular flexibility index (Phi) is 13.6. The van der Waals surface area contributed by atoms with E-state index >= 15 is 0 Å². The summed E-state index contributed by atoms with van der Waals surface area (Å²) in [7, 11) is 3.37. The second kappa shape index (κ2) is 19.6. The summed E-state index contributed by atoms with van der Waals surface area (Å²) in [6.45, 7) is 3.34. The molecule has 0 spiro atoms. The standard InChI is InChI=1S/C48H59N9O6/c1-4-38-47(62)55(2)40-28-50-48(54-43(40)57(38)35-13-9-10-14-35)52-37-22-16-31(27-41(37)63-3)44(59)51-34-19-17-33(18-20-34)49-25-11-7-5-6-8-12-30-15-21-36-32(26-30)29-56(46(36)61)39-23-24-42(58)53-45(39)60/h15-16,21-22,26-28,33-35,38-39,49H,4-7,9-11,13-14,17-20,23-25,29H2,1-3H3,(H,51,59)(H,50,52,54)(H,53,58,60)/t33?,34?,38-,39?/m1/s1. The Morgan fingerprint density at radius 3 is 2.51 bits per heavy atom. The number of nitrogens with one attached hydrogen (secondary N) is 4. The second-order valence-corrected chi connectivity index (χ2v) is 17.5. The zero-order chi connectivity index (χ0) is 44.0. The zero-order valence-electron chi connectivity index (χ0n) is 36.6. The van der Waals surface area contributed by atoms with Crippen LogP contribution in [0, 0.1) is 11.8 Å². The minimum absolute atomic E-state index is 0.0733. The Morgan fingerprint density at radius 2 is 1.75 bits per heavy atom. The number of imide groups is 1. The summed E-state index contributed by atoms with van der Waals surface area (Å²) in [5.41, 5.74) is 4.19. The number of rotatable bonds is 14. The third kappa shape index (κ3) is 9.66. The van der Waals surface area contributed by atoms with Crippen LogP contribution in [0.15, 0.2) is 42.6 Å². The van der Waals surface area contributed by atoms with Crippen LogP contribution < -0.4 is 35.8 Å². The highest BCUT2D eigenvalue weighted by Crippen LogP contribution is 2.40. The van der Waals surface area contributed by atoms with E-state index in [4.69, 9.17) is 9.72 Å². The molecule has 3 aliphatic heterocycles. The normalized spacial score (nSPS) is 22.3. The number of carbonyl (C=O) groups is 5. The molecule has 0 bridgehead atoms. The van der Waals surface area contributed by atoms with Crippen LogP contribution in [0.5, 0.6) is 5.75 Å². The molecule has 15 nitrogen and oxygen atoms in total. The zero-order valence-corrected chi connectivity index (χ0v) is 36.6. The molecule has 5 aliphatic rings. The van der Waals surface area contributed by atoms with Crippen LogP contribution in [0.1, 0.15) is 135 Å². The van der Waals surface area contributed by atoms with Gasteiger partial charge in [0.15, 0.2) is 5.82 Å². The number of anilines is 4. The number of hydrogen-bond acceptors (Lipinski definition) is 11. The van der Waals surface area contributed by atoms with Gasteiger partial charge in [0.1, 0.15) is 23.5 Å². The minimum atomic E-state index is -0.620. The minimum Gasteiger partial charge on any atom is -0.495 e. The molecule has 0 radical (unpaired) electrons. The molecule has 1 unspecified atom stereocenters. The molecule has 2 saturated carbocycles. The van der Waals surface area contributed by atoms with Crippen LogP contribution in [-0.2, 0) is 20.9 Å². The maximum Gasteiger partial charge on any atom is 0.255 e. The first-order valence-electron chi connectivity index (χ1n) is 22.8. The van der Waals surface area contributed by atoms with Gasteiger partial charge >= 0.3 is 0 Å². The fraction of sp³-hybridized carbons (Fsp3) is 0.521. The summed E-state index contributed by atoms with van der Waals surface area (Å²) < 4.78 is 5.72. The first-order valence-corrected chi connectivity index (χ1v) is 22.8. The van der Waals surface area contributed by atoms with Gasteiger partial charge in [0.2, 0.25) is 23.7 Å². The van der Waals surface area contributed by atoms with Gasteiger partial charge in [0.25, 0.3) is 11.8 Å². The molecule has 15 heteroatoms. The number of carbonyl (C=O) groups excluding carboxylic acids is 5. The molecule has 2 aliphatic carbocycles. The summed E-state index contributed by atoms with van der Waals surface area (Å²) >= 11 is 0. The smallest absolute Gasteiger partial charge is 0.255 e. The van der Waals surface area contributed by atoms with Gasteiger partial charge in [0, 0.05) is 61.2 Å². The number of piperidine rings is 1. The molecule has 3 aromatic rings. The third-order valence-electron chi connectivity index (χ3n) is 13.4. The average Bonchev–Trinajstić information content (AvgIpc) is 3.94. The highest BCUT2D eigenvalue weighted by Gasteiger charge is 2.42. The monoisotopic (exact) mass is 857 g/mol. The fourth-order valence-corrected chi connectivity index (χ4v) is 9.85. The Bertz CT molecular complexity index is 2290. The van der Waals surface area contributed by atoms with E-state index in [1.165, 1.54) is 0 Å². The number of unbranched alkanes of at least 4 members (excludes halogenated alkanes) is 3. The molecule has 3 fully saturated rings. The van der Waals surface area contributed by atoms with Gasteiger partial charge in [-0.3, -0.25) is 29.3 Å². The largest absolute Gasteiger partial charge is 0.495 e. The van der Waals surface area contributed by atoms with Gasteiger partial charge in [-0.1, -0.05) is 38.0 Å². The van der Waals surface area contributed by atoms with Crippen molar-refractivity contribution >= 4 is 52.7 Å². The predicted molar refractivity (Wildman–Crippen MR) is 240 cm³/mol. The maximum absolute atomic E-state index is 13.4. The van der Waals surface area contributed by atoms with Crippen molar-refractivity contribution in [3.63, 3.8) is 0 Å². The first kappa shape index (κ1) is 43.6. The molecular formula is C48H59N9O6. The number of likely N-dealkylation sites (N-methyl/N-ethyl adjacent to an activating group) is 1. The number of benzene rings is 2. The van der Waals surface area contributed by atoms with E-state index in [0.717, 1.165) is 101 Å². The first-order chi connectivity index (χ1) is 30.6. The van der Waals surface area contributed by atoms with Gasteiger partial charge in [-0.25, -0.2) is 4.98 Å². The maximum atomic E-state index is 13.4. The lowest BCUT2D eigenvalue weighted by Crippen LogP contribution is -2.55. The number of ether oxygens (including phenoxy) is 1. The van der Waals surface area contributed by atoms with E-state index in [-0.39, 0.29) is 48.2 Å². The SMILES string of the molecule is CC[C@@H]1C(=O)N(C)c2cnc(Nc3ccc(C(=O)NC4CCC(NCCCCCC#Cc5ccc6c(c5)CN(C5CCC(=O)NC5=O)C6=O)CC4)cc3OC)nc2N1C1CCCC1. The molecule has 2 aromatic carbocycles. The highest BCUT2D eigenvalue weighted by atomic mass is 16.5. The van der Waals surface area contributed by atoms with Crippen LogP contribution >= 0.6 is 0 Å². The van der Waals surface area contributed by atoms with Crippen molar-refractivity contribution in [1.82, 2.24) is 30.8 Å². The summed E-state index contributed by atoms with van der Waals surface area (Å²) in [5, 5.41) is 12.6. The molecule has 8 rings (SSSR count). The molecule has 4 heterocycles. The van der Waals surface area contributed by atoms with Gasteiger partial charge in [-0.2, -0.15) is 4.98 Å². The number of methoxy groups -OCH3 is 1. The number of hydrogen-bond donors (Lipinski definition) is 4. The van der Waals surface area contributed by atoms with Crippen LogP contribution in [0.25, 0.3) is 0 Å². The van der Waals surface area contributed by atoms with E-state index < -0.39 is 11.9 Å². The van der Waals surface area contributed by atoms with Crippen molar-refractivity contribution in [1.29, 1.82) is 0 Å². The molecule has 63 heavy (non-hydrogen) atoms. The van der Waals surface area contributed by atoms with E-state index in [0.29, 0.717) is 59.6 Å². The average molecular weight is 858 g/mol. The van der Waals surface area contributed by atoms with Gasteiger partial charge in [-0.15, -0.1) is 0 Å². The summed E-state index contributed by atoms with van der Waals surface area (Å²) in [5.74, 6) is 7.26. The summed E-state index contributed by atoms with van der Waals surface area (Å²) in [4.78, 5) is 78.5. The highest BCUT2D eigenvalue weighted by molar-refractivity contribution is 6.06. The number of aromatic nitrogens is 2. The van der Waals surface area contributed by atoms with E-state index in [1.807, 2.05) is 25.1 Å². The molecule has 1 aromatic heterocycles. The molecule has 2 atom stereocenters.